The van der Waals surface area contributed by atoms with Gasteiger partial charge in [0.1, 0.15) is 17.3 Å². The number of methoxy groups -OCH3 is 1. The van der Waals surface area contributed by atoms with Gasteiger partial charge in [0.25, 0.3) is 5.91 Å². The molecule has 0 bridgehead atoms. The molecule has 0 saturated heterocycles. The van der Waals surface area contributed by atoms with Gasteiger partial charge < -0.3 is 14.8 Å². The van der Waals surface area contributed by atoms with E-state index in [9.17, 15) is 9.18 Å². The van der Waals surface area contributed by atoms with Gasteiger partial charge >= 0.3 is 0 Å². The lowest BCUT2D eigenvalue weighted by Crippen LogP contribution is -2.38. The molecular formula is C20H24FNO3. The highest BCUT2D eigenvalue weighted by Gasteiger charge is 2.20. The Labute approximate surface area is 148 Å². The van der Waals surface area contributed by atoms with Crippen molar-refractivity contribution in [2.75, 3.05) is 7.11 Å². The van der Waals surface area contributed by atoms with Crippen LogP contribution in [0, 0.1) is 12.7 Å². The molecule has 2 atom stereocenters. The maximum Gasteiger partial charge on any atom is 0.261 e. The third kappa shape index (κ3) is 4.95. The largest absolute Gasteiger partial charge is 0.496 e. The average molecular weight is 345 g/mol. The first-order valence-corrected chi connectivity index (χ1v) is 8.31. The average Bonchev–Trinajstić information content (AvgIpc) is 2.61. The highest BCUT2D eigenvalue weighted by atomic mass is 19.1. The van der Waals surface area contributed by atoms with E-state index in [1.54, 1.807) is 14.0 Å². The summed E-state index contributed by atoms with van der Waals surface area (Å²) in [6.45, 7) is 5.65. The van der Waals surface area contributed by atoms with Gasteiger partial charge in [-0.05, 0) is 61.7 Å². The highest BCUT2D eigenvalue weighted by molar-refractivity contribution is 5.81. The van der Waals surface area contributed by atoms with Crippen LogP contribution < -0.4 is 14.8 Å². The molecule has 0 aliphatic rings. The molecule has 0 unspecified atom stereocenters. The summed E-state index contributed by atoms with van der Waals surface area (Å²) >= 11 is 0. The van der Waals surface area contributed by atoms with Crippen LogP contribution in [0.5, 0.6) is 11.5 Å². The van der Waals surface area contributed by atoms with Crippen LogP contribution in [-0.2, 0) is 4.79 Å². The number of benzene rings is 2. The van der Waals surface area contributed by atoms with Crippen molar-refractivity contribution in [2.24, 2.45) is 0 Å². The van der Waals surface area contributed by atoms with Crippen molar-refractivity contribution >= 4 is 5.91 Å². The van der Waals surface area contributed by atoms with E-state index in [1.165, 1.54) is 24.3 Å². The molecule has 0 saturated carbocycles. The van der Waals surface area contributed by atoms with Gasteiger partial charge in [0.15, 0.2) is 6.10 Å². The number of rotatable bonds is 7. The number of carbonyl (C=O) groups excluding carboxylic acids is 1. The molecule has 1 N–H and O–H groups in total. The number of hydrogen-bond acceptors (Lipinski definition) is 3. The van der Waals surface area contributed by atoms with Gasteiger partial charge in [-0.1, -0.05) is 19.1 Å². The Morgan fingerprint density at radius 1 is 1.20 bits per heavy atom. The van der Waals surface area contributed by atoms with Crippen LogP contribution in [-0.4, -0.2) is 19.1 Å². The number of hydrogen-bond donors (Lipinski definition) is 1. The zero-order chi connectivity index (χ0) is 18.4. The number of aryl methyl sites for hydroxylation is 1. The summed E-state index contributed by atoms with van der Waals surface area (Å²) in [5.74, 6) is 0.713. The van der Waals surface area contributed by atoms with E-state index >= 15 is 0 Å². The maximum absolute atomic E-state index is 12.9. The van der Waals surface area contributed by atoms with E-state index < -0.39 is 6.10 Å². The molecule has 0 spiro atoms. The third-order valence-corrected chi connectivity index (χ3v) is 4.04. The molecule has 5 heteroatoms. The van der Waals surface area contributed by atoms with E-state index in [4.69, 9.17) is 9.47 Å². The van der Waals surface area contributed by atoms with Crippen LogP contribution in [0.1, 0.15) is 37.4 Å². The first-order chi connectivity index (χ1) is 11.9. The Morgan fingerprint density at radius 3 is 2.44 bits per heavy atom. The number of ether oxygens (including phenoxy) is 2. The molecule has 2 rings (SSSR count). The van der Waals surface area contributed by atoms with Gasteiger partial charge in [-0.2, -0.15) is 0 Å². The number of carbonyl (C=O) groups is 1. The molecular weight excluding hydrogens is 321 g/mol. The molecule has 0 fully saturated rings. The lowest BCUT2D eigenvalue weighted by molar-refractivity contribution is -0.128. The molecule has 134 valence electrons. The molecule has 2 aromatic rings. The normalized spacial score (nSPS) is 13.0. The molecule has 0 aliphatic carbocycles. The molecule has 4 nitrogen and oxygen atoms in total. The molecule has 1 amide bonds. The predicted octanol–water partition coefficient (Wildman–Crippen LogP) is 4.18. The van der Waals surface area contributed by atoms with Gasteiger partial charge in [0.05, 0.1) is 13.2 Å². The van der Waals surface area contributed by atoms with Crippen LogP contribution in [0.2, 0.25) is 0 Å². The van der Waals surface area contributed by atoms with Crippen molar-refractivity contribution in [1.29, 1.82) is 0 Å². The van der Waals surface area contributed by atoms with Gasteiger partial charge in [0.2, 0.25) is 0 Å². The second-order valence-electron chi connectivity index (χ2n) is 5.91. The third-order valence-electron chi connectivity index (χ3n) is 4.04. The van der Waals surface area contributed by atoms with Gasteiger partial charge in [0, 0.05) is 0 Å². The minimum absolute atomic E-state index is 0.114. The summed E-state index contributed by atoms with van der Waals surface area (Å²) in [7, 11) is 1.63. The fourth-order valence-electron chi connectivity index (χ4n) is 2.60. The van der Waals surface area contributed by atoms with Gasteiger partial charge in [-0.3, -0.25) is 4.79 Å². The van der Waals surface area contributed by atoms with Crippen LogP contribution in [0.3, 0.4) is 0 Å². The van der Waals surface area contributed by atoms with Crippen molar-refractivity contribution in [3.05, 3.63) is 59.4 Å². The van der Waals surface area contributed by atoms with E-state index in [2.05, 4.69) is 5.32 Å². The van der Waals surface area contributed by atoms with E-state index in [1.807, 2.05) is 32.0 Å². The SMILES string of the molecule is CC[C@H](NC(=O)[C@H](C)Oc1ccc(F)cc1)c1ccc(OC)c(C)c1. The summed E-state index contributed by atoms with van der Waals surface area (Å²) in [6.07, 6.45) is 0.0692. The van der Waals surface area contributed by atoms with E-state index in [-0.39, 0.29) is 17.8 Å². The summed E-state index contributed by atoms with van der Waals surface area (Å²) in [6, 6.07) is 11.4. The van der Waals surface area contributed by atoms with E-state index in [0.717, 1.165) is 23.3 Å². The fraction of sp³-hybridized carbons (Fsp3) is 0.350. The molecule has 0 aromatic heterocycles. The van der Waals surface area contributed by atoms with Gasteiger partial charge in [-0.25, -0.2) is 4.39 Å². The number of amides is 1. The van der Waals surface area contributed by atoms with Crippen molar-refractivity contribution < 1.29 is 18.7 Å². The molecule has 0 aliphatic heterocycles. The first kappa shape index (κ1) is 18.8. The fourth-order valence-corrected chi connectivity index (χ4v) is 2.60. The second kappa shape index (κ2) is 8.51. The zero-order valence-corrected chi connectivity index (χ0v) is 15.0. The molecule has 0 radical (unpaired) electrons. The Balaban J connectivity index is 2.03. The maximum atomic E-state index is 12.9. The number of nitrogens with one attached hydrogen (secondary N) is 1. The van der Waals surface area contributed by atoms with Crippen LogP contribution in [0.15, 0.2) is 42.5 Å². The van der Waals surface area contributed by atoms with Gasteiger partial charge in [-0.15, -0.1) is 0 Å². The molecule has 2 aromatic carbocycles. The minimum atomic E-state index is -0.682. The smallest absolute Gasteiger partial charge is 0.261 e. The Bertz CT molecular complexity index is 715. The molecule has 25 heavy (non-hydrogen) atoms. The Hall–Kier alpha value is -2.56. The monoisotopic (exact) mass is 345 g/mol. The Kier molecular flexibility index (Phi) is 6.39. The summed E-state index contributed by atoms with van der Waals surface area (Å²) in [4.78, 5) is 12.4. The van der Waals surface area contributed by atoms with Crippen molar-refractivity contribution in [2.45, 2.75) is 39.3 Å². The lowest BCUT2D eigenvalue weighted by atomic mass is 10.0. The van der Waals surface area contributed by atoms with Crippen LogP contribution >= 0.6 is 0 Å². The standard InChI is InChI=1S/C20H24FNO3/c1-5-18(15-6-11-19(24-4)13(2)12-15)22-20(23)14(3)25-17-9-7-16(21)8-10-17/h6-12,14,18H,5H2,1-4H3,(H,22,23)/t14-,18-/m0/s1. The second-order valence-corrected chi connectivity index (χ2v) is 5.91. The highest BCUT2D eigenvalue weighted by Crippen LogP contribution is 2.24. The van der Waals surface area contributed by atoms with Crippen LogP contribution in [0.25, 0.3) is 0 Å². The molecule has 0 heterocycles. The summed E-state index contributed by atoms with van der Waals surface area (Å²) < 4.78 is 23.8. The minimum Gasteiger partial charge on any atom is -0.496 e. The van der Waals surface area contributed by atoms with E-state index in [0.29, 0.717) is 5.75 Å². The first-order valence-electron chi connectivity index (χ1n) is 8.31. The topological polar surface area (TPSA) is 47.6 Å². The summed E-state index contributed by atoms with van der Waals surface area (Å²) in [5.41, 5.74) is 2.03. The summed E-state index contributed by atoms with van der Waals surface area (Å²) in [5, 5.41) is 3.00. The van der Waals surface area contributed by atoms with Crippen molar-refractivity contribution in [3.8, 4) is 11.5 Å². The number of halogens is 1. The lowest BCUT2D eigenvalue weighted by Gasteiger charge is -2.21. The predicted molar refractivity (Wildman–Crippen MR) is 95.4 cm³/mol. The van der Waals surface area contributed by atoms with Crippen molar-refractivity contribution in [1.82, 2.24) is 5.32 Å². The van der Waals surface area contributed by atoms with Crippen molar-refractivity contribution in [3.63, 3.8) is 0 Å². The van der Waals surface area contributed by atoms with Crippen LogP contribution in [0.4, 0.5) is 4.39 Å². The quantitative estimate of drug-likeness (QED) is 0.819. The Morgan fingerprint density at radius 2 is 1.88 bits per heavy atom. The zero-order valence-electron chi connectivity index (χ0n) is 15.0.